The van der Waals surface area contributed by atoms with E-state index in [2.05, 4.69) is 17.1 Å². The summed E-state index contributed by atoms with van der Waals surface area (Å²) in [6.07, 6.45) is 3.89. The van der Waals surface area contributed by atoms with Crippen LogP contribution >= 0.6 is 0 Å². The predicted octanol–water partition coefficient (Wildman–Crippen LogP) is 2.25. The third-order valence-corrected chi connectivity index (χ3v) is 5.12. The highest BCUT2D eigenvalue weighted by atomic mass is 16.7. The van der Waals surface area contributed by atoms with Gasteiger partial charge in [-0.15, -0.1) is 0 Å². The van der Waals surface area contributed by atoms with Crippen LogP contribution in [-0.4, -0.2) is 49.9 Å². The van der Waals surface area contributed by atoms with Gasteiger partial charge < -0.3 is 14.2 Å². The van der Waals surface area contributed by atoms with Gasteiger partial charge in [-0.3, -0.25) is 9.69 Å². The topological polar surface area (TPSA) is 77.4 Å². The van der Waals surface area contributed by atoms with Crippen molar-refractivity contribution in [3.63, 3.8) is 0 Å². The first-order valence-electron chi connectivity index (χ1n) is 8.97. The summed E-state index contributed by atoms with van der Waals surface area (Å²) in [6, 6.07) is 6.07. The fourth-order valence-electron chi connectivity index (χ4n) is 3.78. The van der Waals surface area contributed by atoms with Crippen LogP contribution in [0.1, 0.15) is 30.9 Å². The predicted molar refractivity (Wildman–Crippen MR) is 94.5 cm³/mol. The van der Waals surface area contributed by atoms with E-state index in [-0.39, 0.29) is 5.91 Å². The van der Waals surface area contributed by atoms with E-state index in [1.807, 2.05) is 6.07 Å². The zero-order chi connectivity index (χ0) is 18.1. The number of hydrogen-bond acceptors (Lipinski definition) is 5. The second kappa shape index (κ2) is 6.81. The van der Waals surface area contributed by atoms with Gasteiger partial charge in [-0.25, -0.2) is 9.79 Å². The van der Waals surface area contributed by atoms with Crippen LogP contribution in [0.15, 0.2) is 23.2 Å². The maximum absolute atomic E-state index is 12.2. The third-order valence-electron chi connectivity index (χ3n) is 5.12. The summed E-state index contributed by atoms with van der Waals surface area (Å²) in [6.45, 7) is 3.03. The average Bonchev–Trinajstić information content (AvgIpc) is 3.19. The number of aryl methyl sites for hydroxylation is 2. The van der Waals surface area contributed by atoms with Crippen molar-refractivity contribution in [1.29, 1.82) is 0 Å². The Bertz CT molecular complexity index is 754. The molecule has 26 heavy (non-hydrogen) atoms. The first-order valence-corrected chi connectivity index (χ1v) is 8.97. The molecule has 2 heterocycles. The molecule has 0 radical (unpaired) electrons. The molecular formula is C19H22N2O5. The Morgan fingerprint density at radius 1 is 1.23 bits per heavy atom. The Balaban J connectivity index is 1.50. The monoisotopic (exact) mass is 358 g/mol. The molecule has 1 aromatic rings. The number of nitrogens with zero attached hydrogens (tertiary/aromatic N) is 2. The lowest BCUT2D eigenvalue weighted by Crippen LogP contribution is -2.30. The molecule has 4 rings (SSSR count). The minimum absolute atomic E-state index is 0.310. The van der Waals surface area contributed by atoms with Crippen LogP contribution < -0.4 is 4.90 Å². The van der Waals surface area contributed by atoms with Crippen molar-refractivity contribution >= 4 is 23.9 Å². The van der Waals surface area contributed by atoms with Gasteiger partial charge in [-0.1, -0.05) is 6.07 Å². The number of hydrogen-bond donors (Lipinski definition) is 0. The van der Waals surface area contributed by atoms with Crippen molar-refractivity contribution in [1.82, 2.24) is 0 Å². The van der Waals surface area contributed by atoms with E-state index in [0.717, 1.165) is 31.4 Å². The highest BCUT2D eigenvalue weighted by Crippen LogP contribution is 2.36. The van der Waals surface area contributed by atoms with E-state index in [4.69, 9.17) is 14.2 Å². The summed E-state index contributed by atoms with van der Waals surface area (Å²) in [4.78, 5) is 28.4. The first-order chi connectivity index (χ1) is 12.5. The lowest BCUT2D eigenvalue weighted by atomic mass is 10.0. The number of carbonyl (C=O) groups excluding carboxylic acids is 2. The highest BCUT2D eigenvalue weighted by Gasteiger charge is 2.38. The minimum Gasteiger partial charge on any atom is -0.438 e. The van der Waals surface area contributed by atoms with Gasteiger partial charge in [0.05, 0.1) is 26.0 Å². The molecule has 138 valence electrons. The lowest BCUT2D eigenvalue weighted by molar-refractivity contribution is -0.164. The number of rotatable bonds is 2. The van der Waals surface area contributed by atoms with Crippen LogP contribution in [0.3, 0.4) is 0 Å². The smallest absolute Gasteiger partial charge is 0.415 e. The van der Waals surface area contributed by atoms with Gasteiger partial charge in [0.25, 0.3) is 0 Å². The molecule has 0 bridgehead atoms. The highest BCUT2D eigenvalue weighted by molar-refractivity contribution is 5.94. The van der Waals surface area contributed by atoms with Crippen LogP contribution in [-0.2, 0) is 31.8 Å². The molecule has 0 saturated carbocycles. The molecule has 2 amide bonds. The molecule has 1 aliphatic carbocycles. The van der Waals surface area contributed by atoms with Crippen molar-refractivity contribution in [2.75, 3.05) is 24.7 Å². The van der Waals surface area contributed by atoms with Crippen molar-refractivity contribution in [3.05, 3.63) is 29.3 Å². The number of benzene rings is 1. The van der Waals surface area contributed by atoms with Crippen molar-refractivity contribution in [3.8, 4) is 0 Å². The molecule has 2 saturated heterocycles. The van der Waals surface area contributed by atoms with Gasteiger partial charge in [-0.2, -0.15) is 0 Å². The van der Waals surface area contributed by atoms with Crippen LogP contribution in [0.2, 0.25) is 0 Å². The first kappa shape index (κ1) is 17.2. The summed E-state index contributed by atoms with van der Waals surface area (Å²) in [7, 11) is 0. The zero-order valence-electron chi connectivity index (χ0n) is 14.8. The molecule has 7 heteroatoms. The fraction of sp³-hybridized carbons (Fsp3) is 0.526. The molecule has 2 aliphatic heterocycles. The molecule has 0 N–H and O–H groups in total. The van der Waals surface area contributed by atoms with E-state index in [1.165, 1.54) is 24.3 Å². The molecule has 7 nitrogen and oxygen atoms in total. The van der Waals surface area contributed by atoms with E-state index in [1.54, 1.807) is 4.90 Å². The molecule has 1 unspecified atom stereocenters. The van der Waals surface area contributed by atoms with Crippen LogP contribution in [0.4, 0.5) is 10.5 Å². The van der Waals surface area contributed by atoms with E-state index >= 15 is 0 Å². The molecule has 1 atom stereocenters. The Labute approximate surface area is 151 Å². The van der Waals surface area contributed by atoms with Crippen molar-refractivity contribution in [2.24, 2.45) is 4.99 Å². The van der Waals surface area contributed by atoms with Gasteiger partial charge in [0.2, 0.25) is 5.91 Å². The minimum atomic E-state index is -0.506. The molecule has 2 fully saturated rings. The van der Waals surface area contributed by atoms with E-state index in [9.17, 15) is 9.59 Å². The molecule has 1 spiro atoms. The standard InChI is InChI=1S/C19H22N2O5/c1-13(22)20-11-17-12-21(18(23)26-17)16-3-2-14-4-6-19(24-8-9-25-19)7-5-15(14)10-16/h2-3,10-11,17H,4-9,12H2,1H3. The molecule has 0 aromatic heterocycles. The fourth-order valence-corrected chi connectivity index (χ4v) is 3.78. The van der Waals surface area contributed by atoms with E-state index in [0.29, 0.717) is 19.8 Å². The Morgan fingerprint density at radius 2 is 1.96 bits per heavy atom. The van der Waals surface area contributed by atoms with Gasteiger partial charge in [0, 0.05) is 25.5 Å². The number of amides is 2. The molecular weight excluding hydrogens is 336 g/mol. The number of aliphatic imine (C=N–C) groups is 1. The van der Waals surface area contributed by atoms with Crippen molar-refractivity contribution in [2.45, 2.75) is 44.5 Å². The van der Waals surface area contributed by atoms with Crippen LogP contribution in [0.5, 0.6) is 0 Å². The van der Waals surface area contributed by atoms with Crippen molar-refractivity contribution < 1.29 is 23.8 Å². The average molecular weight is 358 g/mol. The summed E-state index contributed by atoms with van der Waals surface area (Å²) < 4.78 is 17.0. The maximum Gasteiger partial charge on any atom is 0.415 e. The molecule has 1 aromatic carbocycles. The van der Waals surface area contributed by atoms with Gasteiger partial charge in [0.1, 0.15) is 0 Å². The number of anilines is 1. The zero-order valence-corrected chi connectivity index (χ0v) is 14.8. The summed E-state index contributed by atoms with van der Waals surface area (Å²) in [5.74, 6) is -0.755. The van der Waals surface area contributed by atoms with Crippen LogP contribution in [0.25, 0.3) is 0 Å². The third kappa shape index (κ3) is 3.37. The van der Waals surface area contributed by atoms with Gasteiger partial charge >= 0.3 is 6.09 Å². The number of fused-ring (bicyclic) bond motifs is 1. The van der Waals surface area contributed by atoms with E-state index < -0.39 is 18.0 Å². The summed E-state index contributed by atoms with van der Waals surface area (Å²) in [5, 5.41) is 0. The SMILES string of the molecule is CC(=O)N=CC1CN(c2ccc3c(c2)CCC2(CC3)OCCO2)C(=O)O1. The van der Waals surface area contributed by atoms with Gasteiger partial charge in [0.15, 0.2) is 11.9 Å². The number of cyclic esters (lactones) is 1. The Hall–Kier alpha value is -2.25. The quantitative estimate of drug-likeness (QED) is 0.758. The normalized spacial score (nSPS) is 24.7. The number of ether oxygens (including phenoxy) is 3. The summed E-state index contributed by atoms with van der Waals surface area (Å²) in [5.41, 5.74) is 3.29. The number of carbonyl (C=O) groups is 2. The lowest BCUT2D eigenvalue weighted by Gasteiger charge is -2.25. The second-order valence-corrected chi connectivity index (χ2v) is 6.89. The second-order valence-electron chi connectivity index (χ2n) is 6.89. The summed E-state index contributed by atoms with van der Waals surface area (Å²) >= 11 is 0. The molecule has 3 aliphatic rings. The largest absolute Gasteiger partial charge is 0.438 e. The van der Waals surface area contributed by atoms with Crippen LogP contribution in [0, 0.1) is 0 Å². The maximum atomic E-state index is 12.2. The Morgan fingerprint density at radius 3 is 2.69 bits per heavy atom. The van der Waals surface area contributed by atoms with Gasteiger partial charge in [-0.05, 0) is 36.1 Å². The Kier molecular flexibility index (Phi) is 4.50.